The number of fused-ring (bicyclic) bond motifs is 4. The zero-order chi connectivity index (χ0) is 18.4. The second kappa shape index (κ2) is 6.41. The highest BCUT2D eigenvalue weighted by Gasteiger charge is 2.39. The Balaban J connectivity index is 1.71. The van der Waals surface area contributed by atoms with Gasteiger partial charge in [-0.05, 0) is 18.2 Å². The van der Waals surface area contributed by atoms with Crippen molar-refractivity contribution in [2.24, 2.45) is 5.92 Å². The molecule has 2 fully saturated rings. The van der Waals surface area contributed by atoms with Crippen molar-refractivity contribution in [1.82, 2.24) is 14.8 Å². The van der Waals surface area contributed by atoms with Gasteiger partial charge in [0.15, 0.2) is 0 Å². The maximum atomic E-state index is 13.0. The molecule has 4 rings (SSSR count). The topological polar surface area (TPSA) is 82.7 Å². The molecule has 2 aromatic rings. The van der Waals surface area contributed by atoms with E-state index >= 15 is 0 Å². The van der Waals surface area contributed by atoms with Crippen LogP contribution in [0.5, 0.6) is 0 Å². The van der Waals surface area contributed by atoms with E-state index in [0.717, 1.165) is 0 Å². The molecule has 2 atom stereocenters. The lowest BCUT2D eigenvalue weighted by Crippen LogP contribution is -2.45. The molecule has 1 N–H and O–H groups in total. The molecule has 2 aliphatic rings. The number of aromatic nitrogens is 1. The SMILES string of the molecule is CN1C(=O)[C@H]2COC[C@@H]1CN(C(=O)c1c[nH]c3cc(Cl)ccc3c1=O)C2. The number of ether oxygens (including phenoxy) is 1. The third-order valence-corrected chi connectivity index (χ3v) is 5.34. The zero-order valence-corrected chi connectivity index (χ0v) is 15.0. The number of aromatic amines is 1. The molecular weight excluding hydrogens is 358 g/mol. The molecule has 0 unspecified atom stereocenters. The second-order valence-electron chi connectivity index (χ2n) is 6.77. The van der Waals surface area contributed by atoms with Crippen molar-refractivity contribution in [3.8, 4) is 0 Å². The number of amides is 2. The number of carbonyl (C=O) groups excluding carboxylic acids is 2. The number of rotatable bonds is 1. The standard InChI is InChI=1S/C18H18ClN3O4/c1-21-12-7-22(6-10(17(21)24)8-26-9-12)18(25)14-5-20-15-4-11(19)2-3-13(15)16(14)23/h2-5,10,12H,6-9H2,1H3,(H,20,23)/t10-,12+/m1/s1. The van der Waals surface area contributed by atoms with Crippen molar-refractivity contribution in [3.05, 3.63) is 45.2 Å². The van der Waals surface area contributed by atoms with Crippen molar-refractivity contribution >= 4 is 34.3 Å². The van der Waals surface area contributed by atoms with Crippen LogP contribution in [0, 0.1) is 5.92 Å². The Bertz CT molecular complexity index is 957. The lowest BCUT2D eigenvalue weighted by molar-refractivity contribution is -0.133. The molecule has 0 aliphatic carbocycles. The quantitative estimate of drug-likeness (QED) is 0.809. The fourth-order valence-electron chi connectivity index (χ4n) is 3.59. The summed E-state index contributed by atoms with van der Waals surface area (Å²) in [5.74, 6) is -0.803. The van der Waals surface area contributed by atoms with Crippen LogP contribution in [0.25, 0.3) is 10.9 Å². The van der Waals surface area contributed by atoms with Crippen molar-refractivity contribution in [2.75, 3.05) is 33.4 Å². The molecule has 0 spiro atoms. The van der Waals surface area contributed by atoms with Gasteiger partial charge < -0.3 is 19.5 Å². The van der Waals surface area contributed by atoms with Gasteiger partial charge in [-0.15, -0.1) is 0 Å². The Morgan fingerprint density at radius 1 is 1.27 bits per heavy atom. The number of benzene rings is 1. The fourth-order valence-corrected chi connectivity index (χ4v) is 3.76. The number of pyridine rings is 1. The average molecular weight is 376 g/mol. The Morgan fingerprint density at radius 3 is 2.88 bits per heavy atom. The van der Waals surface area contributed by atoms with E-state index < -0.39 is 5.92 Å². The average Bonchev–Trinajstić information content (AvgIpc) is 2.79. The highest BCUT2D eigenvalue weighted by atomic mass is 35.5. The molecule has 8 heteroatoms. The van der Waals surface area contributed by atoms with Gasteiger partial charge in [0.05, 0.1) is 30.7 Å². The summed E-state index contributed by atoms with van der Waals surface area (Å²) in [7, 11) is 1.73. The minimum Gasteiger partial charge on any atom is -0.378 e. The molecule has 2 bridgehead atoms. The van der Waals surface area contributed by atoms with Crippen LogP contribution in [0.4, 0.5) is 0 Å². The summed E-state index contributed by atoms with van der Waals surface area (Å²) in [6.45, 7) is 1.26. The molecule has 2 aliphatic heterocycles. The molecule has 26 heavy (non-hydrogen) atoms. The van der Waals surface area contributed by atoms with Gasteiger partial charge in [0.2, 0.25) is 11.3 Å². The van der Waals surface area contributed by atoms with Gasteiger partial charge in [0.1, 0.15) is 5.56 Å². The van der Waals surface area contributed by atoms with Gasteiger partial charge in [-0.3, -0.25) is 14.4 Å². The number of halogens is 1. The summed E-state index contributed by atoms with van der Waals surface area (Å²) in [6, 6.07) is 4.66. The van der Waals surface area contributed by atoms with Crippen LogP contribution in [-0.2, 0) is 9.53 Å². The van der Waals surface area contributed by atoms with E-state index in [4.69, 9.17) is 16.3 Å². The number of carbonyl (C=O) groups is 2. The molecule has 1 aromatic carbocycles. The zero-order valence-electron chi connectivity index (χ0n) is 14.2. The monoisotopic (exact) mass is 375 g/mol. The number of nitrogens with one attached hydrogen (secondary N) is 1. The summed E-state index contributed by atoms with van der Waals surface area (Å²) in [5.41, 5.74) is 0.302. The Kier molecular flexibility index (Phi) is 4.20. The van der Waals surface area contributed by atoms with E-state index in [1.165, 1.54) is 6.20 Å². The first-order chi connectivity index (χ1) is 12.5. The van der Waals surface area contributed by atoms with Crippen molar-refractivity contribution in [2.45, 2.75) is 6.04 Å². The third kappa shape index (κ3) is 2.77. The maximum Gasteiger partial charge on any atom is 0.259 e. The number of nitrogens with zero attached hydrogens (tertiary/aromatic N) is 2. The molecule has 0 radical (unpaired) electrons. The summed E-state index contributed by atoms with van der Waals surface area (Å²) in [4.78, 5) is 44.5. The Morgan fingerprint density at radius 2 is 2.08 bits per heavy atom. The van der Waals surface area contributed by atoms with Crippen LogP contribution in [0.3, 0.4) is 0 Å². The van der Waals surface area contributed by atoms with Crippen LogP contribution in [-0.4, -0.2) is 66.0 Å². The normalized spacial score (nSPS) is 23.2. The van der Waals surface area contributed by atoms with E-state index in [1.54, 1.807) is 35.0 Å². The van der Waals surface area contributed by atoms with E-state index in [1.807, 2.05) is 0 Å². The molecule has 7 nitrogen and oxygen atoms in total. The van der Waals surface area contributed by atoms with E-state index in [0.29, 0.717) is 29.1 Å². The third-order valence-electron chi connectivity index (χ3n) is 5.11. The van der Waals surface area contributed by atoms with E-state index in [9.17, 15) is 14.4 Å². The van der Waals surface area contributed by atoms with Gasteiger partial charge in [-0.25, -0.2) is 0 Å². The molecule has 136 valence electrons. The van der Waals surface area contributed by atoms with E-state index in [-0.39, 0.29) is 42.0 Å². The Hall–Kier alpha value is -2.38. The lowest BCUT2D eigenvalue weighted by atomic mass is 10.1. The largest absolute Gasteiger partial charge is 0.378 e. The second-order valence-corrected chi connectivity index (χ2v) is 7.21. The first kappa shape index (κ1) is 17.1. The smallest absolute Gasteiger partial charge is 0.259 e. The number of H-pyrrole nitrogens is 1. The fraction of sp³-hybridized carbons (Fsp3) is 0.389. The highest BCUT2D eigenvalue weighted by molar-refractivity contribution is 6.31. The van der Waals surface area contributed by atoms with Gasteiger partial charge in [-0.2, -0.15) is 0 Å². The maximum absolute atomic E-state index is 13.0. The predicted octanol–water partition coefficient (Wildman–Crippen LogP) is 1.11. The Labute approximate surface area is 154 Å². The summed E-state index contributed by atoms with van der Waals surface area (Å²) in [6.07, 6.45) is 1.42. The van der Waals surface area contributed by atoms with Crippen molar-refractivity contribution < 1.29 is 14.3 Å². The van der Waals surface area contributed by atoms with Crippen molar-refractivity contribution in [1.29, 1.82) is 0 Å². The highest BCUT2D eigenvalue weighted by Crippen LogP contribution is 2.21. The van der Waals surface area contributed by atoms with Gasteiger partial charge >= 0.3 is 0 Å². The number of hydrogen-bond acceptors (Lipinski definition) is 4. The van der Waals surface area contributed by atoms with Crippen LogP contribution >= 0.6 is 11.6 Å². The predicted molar refractivity (Wildman–Crippen MR) is 96.3 cm³/mol. The van der Waals surface area contributed by atoms with Crippen LogP contribution in [0.15, 0.2) is 29.2 Å². The molecule has 0 saturated carbocycles. The van der Waals surface area contributed by atoms with Gasteiger partial charge in [-0.1, -0.05) is 11.6 Å². The number of likely N-dealkylation sites (N-methyl/N-ethyl adjacent to an activating group) is 1. The molecular formula is C18H18ClN3O4. The van der Waals surface area contributed by atoms with Crippen molar-refractivity contribution in [3.63, 3.8) is 0 Å². The van der Waals surface area contributed by atoms with Crippen LogP contribution in [0.2, 0.25) is 5.02 Å². The molecule has 3 heterocycles. The van der Waals surface area contributed by atoms with E-state index in [2.05, 4.69) is 4.98 Å². The van der Waals surface area contributed by atoms with Crippen LogP contribution in [0.1, 0.15) is 10.4 Å². The minimum absolute atomic E-state index is 0.0233. The summed E-state index contributed by atoms with van der Waals surface area (Å²) >= 11 is 5.95. The first-order valence-corrected chi connectivity index (χ1v) is 8.78. The van der Waals surface area contributed by atoms with Crippen LogP contribution < -0.4 is 5.43 Å². The first-order valence-electron chi connectivity index (χ1n) is 8.40. The lowest BCUT2D eigenvalue weighted by Gasteiger charge is -2.29. The minimum atomic E-state index is -0.408. The van der Waals surface area contributed by atoms with Gasteiger partial charge in [0.25, 0.3) is 5.91 Å². The number of hydrogen-bond donors (Lipinski definition) is 1. The molecule has 2 saturated heterocycles. The molecule has 1 aromatic heterocycles. The molecule has 2 amide bonds. The summed E-state index contributed by atoms with van der Waals surface area (Å²) in [5, 5.41) is 0.918. The summed E-state index contributed by atoms with van der Waals surface area (Å²) < 4.78 is 5.55. The van der Waals surface area contributed by atoms with Gasteiger partial charge in [0, 0.05) is 36.7 Å².